The van der Waals surface area contributed by atoms with Crippen LogP contribution in [0.3, 0.4) is 0 Å². The summed E-state index contributed by atoms with van der Waals surface area (Å²) in [6, 6.07) is 9.28. The first-order valence-electron chi connectivity index (χ1n) is 7.40. The lowest BCUT2D eigenvalue weighted by Gasteiger charge is -2.07. The Balaban J connectivity index is 1.89. The van der Waals surface area contributed by atoms with Gasteiger partial charge in [0.2, 0.25) is 0 Å². The molecule has 0 aliphatic rings. The Morgan fingerprint density at radius 2 is 2.17 bits per heavy atom. The number of aromatic nitrogens is 2. The molecule has 7 nitrogen and oxygen atoms in total. The van der Waals surface area contributed by atoms with Crippen molar-refractivity contribution < 1.29 is 14.3 Å². The van der Waals surface area contributed by atoms with Crippen molar-refractivity contribution in [2.24, 2.45) is 5.73 Å². The molecule has 126 valence electrons. The Morgan fingerprint density at radius 3 is 2.83 bits per heavy atom. The highest BCUT2D eigenvalue weighted by Crippen LogP contribution is 2.12. The first-order chi connectivity index (χ1) is 11.6. The fraction of sp³-hybridized carbons (Fsp3) is 0.235. The molecule has 0 aromatic carbocycles. The maximum atomic E-state index is 11.2. The molecule has 0 radical (unpaired) electrons. The van der Waals surface area contributed by atoms with E-state index in [-0.39, 0.29) is 5.70 Å². The summed E-state index contributed by atoms with van der Waals surface area (Å²) in [4.78, 5) is 19.8. The maximum absolute atomic E-state index is 11.2. The molecule has 0 saturated heterocycles. The van der Waals surface area contributed by atoms with Crippen molar-refractivity contribution in [3.63, 3.8) is 0 Å². The molecular formula is C17H20N4O3. The third-order valence-corrected chi connectivity index (χ3v) is 3.17. The van der Waals surface area contributed by atoms with Crippen LogP contribution in [0.1, 0.15) is 11.4 Å². The van der Waals surface area contributed by atoms with Crippen molar-refractivity contribution in [2.75, 3.05) is 26.1 Å². The first-order valence-corrected chi connectivity index (χ1v) is 7.40. The topological polar surface area (TPSA) is 99.4 Å². The summed E-state index contributed by atoms with van der Waals surface area (Å²) in [6.45, 7) is 0.487. The van der Waals surface area contributed by atoms with Crippen LogP contribution in [0.4, 0.5) is 5.82 Å². The van der Waals surface area contributed by atoms with Crippen LogP contribution in [-0.4, -0.2) is 36.7 Å². The Labute approximate surface area is 140 Å². The number of hydrogen-bond donors (Lipinski definition) is 2. The number of pyridine rings is 2. The molecule has 0 aliphatic heterocycles. The van der Waals surface area contributed by atoms with Crippen molar-refractivity contribution in [3.05, 3.63) is 53.6 Å². The minimum Gasteiger partial charge on any atom is -0.492 e. The van der Waals surface area contributed by atoms with E-state index in [1.165, 1.54) is 13.2 Å². The Bertz CT molecular complexity index is 714. The van der Waals surface area contributed by atoms with E-state index in [0.29, 0.717) is 24.5 Å². The average molecular weight is 328 g/mol. The van der Waals surface area contributed by atoms with Gasteiger partial charge in [-0.25, -0.2) is 9.78 Å². The number of anilines is 1. The van der Waals surface area contributed by atoms with E-state index in [9.17, 15) is 4.79 Å². The Kier molecular flexibility index (Phi) is 6.13. The van der Waals surface area contributed by atoms with Crippen molar-refractivity contribution in [1.29, 1.82) is 0 Å². The molecule has 3 N–H and O–H groups in total. The van der Waals surface area contributed by atoms with Gasteiger partial charge in [-0.3, -0.25) is 4.98 Å². The highest BCUT2D eigenvalue weighted by molar-refractivity contribution is 5.92. The molecule has 2 aromatic rings. The number of hydrogen-bond acceptors (Lipinski definition) is 7. The zero-order valence-corrected chi connectivity index (χ0v) is 13.7. The van der Waals surface area contributed by atoms with Crippen LogP contribution in [0, 0.1) is 0 Å². The second kappa shape index (κ2) is 8.52. The minimum absolute atomic E-state index is 0.00541. The van der Waals surface area contributed by atoms with E-state index < -0.39 is 5.97 Å². The third kappa shape index (κ3) is 4.98. The largest absolute Gasteiger partial charge is 0.492 e. The van der Waals surface area contributed by atoms with Gasteiger partial charge in [0, 0.05) is 19.2 Å². The van der Waals surface area contributed by atoms with Gasteiger partial charge >= 0.3 is 5.97 Å². The van der Waals surface area contributed by atoms with E-state index in [2.05, 4.69) is 20.0 Å². The van der Waals surface area contributed by atoms with Crippen LogP contribution < -0.4 is 15.8 Å². The fourth-order valence-electron chi connectivity index (χ4n) is 1.93. The van der Waals surface area contributed by atoms with Gasteiger partial charge in [0.25, 0.3) is 0 Å². The molecule has 0 atom stereocenters. The van der Waals surface area contributed by atoms with Crippen molar-refractivity contribution in [1.82, 2.24) is 9.97 Å². The predicted octanol–water partition coefficient (Wildman–Crippen LogP) is 1.61. The van der Waals surface area contributed by atoms with E-state index in [1.807, 2.05) is 25.2 Å². The van der Waals surface area contributed by atoms with E-state index in [4.69, 9.17) is 10.5 Å². The van der Waals surface area contributed by atoms with Crippen LogP contribution in [0.15, 0.2) is 42.2 Å². The summed E-state index contributed by atoms with van der Waals surface area (Å²) in [5.74, 6) is 0.871. The van der Waals surface area contributed by atoms with Gasteiger partial charge in [0.05, 0.1) is 25.6 Å². The highest BCUT2D eigenvalue weighted by Gasteiger charge is 2.05. The van der Waals surface area contributed by atoms with Crippen LogP contribution in [0.25, 0.3) is 6.08 Å². The normalized spacial score (nSPS) is 11.0. The number of carbonyl (C=O) groups excluding carboxylic acids is 1. The van der Waals surface area contributed by atoms with Crippen LogP contribution in [0.2, 0.25) is 0 Å². The number of nitrogens with zero attached hydrogens (tertiary/aromatic N) is 2. The first kappa shape index (κ1) is 17.3. The molecule has 0 amide bonds. The highest BCUT2D eigenvalue weighted by atomic mass is 16.5. The van der Waals surface area contributed by atoms with E-state index in [1.54, 1.807) is 18.3 Å². The van der Waals surface area contributed by atoms with Gasteiger partial charge in [-0.1, -0.05) is 6.07 Å². The lowest BCUT2D eigenvalue weighted by Crippen LogP contribution is -2.12. The zero-order chi connectivity index (χ0) is 17.4. The van der Waals surface area contributed by atoms with Gasteiger partial charge in [0.1, 0.15) is 17.3 Å². The smallest absolute Gasteiger partial charge is 0.353 e. The summed E-state index contributed by atoms with van der Waals surface area (Å²) < 4.78 is 10.2. The number of esters is 1. The van der Waals surface area contributed by atoms with Crippen LogP contribution in [0.5, 0.6) is 5.75 Å². The zero-order valence-electron chi connectivity index (χ0n) is 13.7. The maximum Gasteiger partial charge on any atom is 0.353 e. The van der Waals surface area contributed by atoms with Crippen LogP contribution >= 0.6 is 0 Å². The molecule has 2 aromatic heterocycles. The summed E-state index contributed by atoms with van der Waals surface area (Å²) in [5.41, 5.74) is 7.06. The molecule has 2 rings (SSSR count). The number of nitrogens with one attached hydrogen (secondary N) is 1. The number of carbonyl (C=O) groups is 1. The molecule has 0 saturated carbocycles. The molecule has 7 heteroatoms. The second-order valence-corrected chi connectivity index (χ2v) is 4.87. The fourth-order valence-corrected chi connectivity index (χ4v) is 1.93. The van der Waals surface area contributed by atoms with Crippen LogP contribution in [-0.2, 0) is 16.0 Å². The van der Waals surface area contributed by atoms with Gasteiger partial charge in [-0.15, -0.1) is 0 Å². The lowest BCUT2D eigenvalue weighted by atomic mass is 10.2. The molecule has 2 heterocycles. The SMILES string of the molecule is CNc1cccc(CCOc2ccc(/C=C(/N)C(=O)OC)nc2)n1. The quantitative estimate of drug-likeness (QED) is 0.588. The number of rotatable bonds is 7. The molecule has 0 unspecified atom stereocenters. The Hall–Kier alpha value is -3.09. The number of nitrogens with two attached hydrogens (primary N) is 1. The van der Waals surface area contributed by atoms with E-state index >= 15 is 0 Å². The van der Waals surface area contributed by atoms with Crippen molar-refractivity contribution >= 4 is 17.9 Å². The predicted molar refractivity (Wildman–Crippen MR) is 91.4 cm³/mol. The monoisotopic (exact) mass is 328 g/mol. The second-order valence-electron chi connectivity index (χ2n) is 4.87. The number of methoxy groups -OCH3 is 1. The van der Waals surface area contributed by atoms with E-state index in [0.717, 1.165) is 11.5 Å². The lowest BCUT2D eigenvalue weighted by molar-refractivity contribution is -0.136. The number of ether oxygens (including phenoxy) is 2. The summed E-state index contributed by atoms with van der Waals surface area (Å²) in [5, 5.41) is 3.00. The van der Waals surface area contributed by atoms with Gasteiger partial charge < -0.3 is 20.5 Å². The summed E-state index contributed by atoms with van der Waals surface area (Å²) in [6.07, 6.45) is 3.71. The van der Waals surface area contributed by atoms with Crippen molar-refractivity contribution in [2.45, 2.75) is 6.42 Å². The standard InChI is InChI=1S/C17H20N4O3/c1-19-16-5-3-4-12(21-16)8-9-24-14-7-6-13(20-11-14)10-15(18)17(22)23-2/h3-7,10-11H,8-9,18H2,1-2H3,(H,19,21)/b15-10+. The molecule has 0 spiro atoms. The summed E-state index contributed by atoms with van der Waals surface area (Å²) in [7, 11) is 3.10. The third-order valence-electron chi connectivity index (χ3n) is 3.17. The molecule has 0 aliphatic carbocycles. The average Bonchev–Trinajstić information content (AvgIpc) is 2.62. The van der Waals surface area contributed by atoms with Gasteiger partial charge in [-0.2, -0.15) is 0 Å². The molecule has 24 heavy (non-hydrogen) atoms. The summed E-state index contributed by atoms with van der Waals surface area (Å²) >= 11 is 0. The van der Waals surface area contributed by atoms with Gasteiger partial charge in [-0.05, 0) is 30.3 Å². The Morgan fingerprint density at radius 1 is 1.33 bits per heavy atom. The van der Waals surface area contributed by atoms with Gasteiger partial charge in [0.15, 0.2) is 0 Å². The molecular weight excluding hydrogens is 308 g/mol. The minimum atomic E-state index is -0.589. The van der Waals surface area contributed by atoms with Crippen molar-refractivity contribution in [3.8, 4) is 5.75 Å². The molecule has 0 fully saturated rings. The molecule has 0 bridgehead atoms.